The van der Waals surface area contributed by atoms with Crippen molar-refractivity contribution in [2.75, 3.05) is 0 Å². The third-order valence-electron chi connectivity index (χ3n) is 3.97. The van der Waals surface area contributed by atoms with Gasteiger partial charge < -0.3 is 5.32 Å². The maximum atomic E-state index is 4.66. The van der Waals surface area contributed by atoms with Crippen molar-refractivity contribution < 1.29 is 0 Å². The van der Waals surface area contributed by atoms with Gasteiger partial charge >= 0.3 is 0 Å². The van der Waals surface area contributed by atoms with E-state index in [0.29, 0.717) is 6.04 Å². The van der Waals surface area contributed by atoms with Gasteiger partial charge in [-0.3, -0.25) is 4.68 Å². The van der Waals surface area contributed by atoms with Crippen LogP contribution >= 0.6 is 0 Å². The lowest BCUT2D eigenvalue weighted by Gasteiger charge is -2.12. The summed E-state index contributed by atoms with van der Waals surface area (Å²) in [5.74, 6) is 0.913. The number of hydrogen-bond donors (Lipinski definition) is 1. The van der Waals surface area contributed by atoms with E-state index in [1.807, 2.05) is 0 Å². The van der Waals surface area contributed by atoms with Gasteiger partial charge in [0.25, 0.3) is 0 Å². The quantitative estimate of drug-likeness (QED) is 0.787. The van der Waals surface area contributed by atoms with E-state index in [2.05, 4.69) is 48.1 Å². The molecule has 0 saturated heterocycles. The van der Waals surface area contributed by atoms with Crippen molar-refractivity contribution in [1.82, 2.24) is 15.1 Å². The fourth-order valence-electron chi connectivity index (χ4n) is 2.52. The number of hydrogen-bond acceptors (Lipinski definition) is 2. The first-order chi connectivity index (χ1) is 8.28. The fourth-order valence-corrected chi connectivity index (χ4v) is 2.52. The average Bonchev–Trinajstić information content (AvgIpc) is 2.97. The van der Waals surface area contributed by atoms with Crippen LogP contribution in [0.1, 0.15) is 58.2 Å². The van der Waals surface area contributed by atoms with Crippen LogP contribution in [0.15, 0.2) is 12.3 Å². The Morgan fingerprint density at radius 1 is 1.41 bits per heavy atom. The van der Waals surface area contributed by atoms with E-state index < -0.39 is 0 Å². The van der Waals surface area contributed by atoms with Crippen LogP contribution in [-0.4, -0.2) is 15.8 Å². The summed E-state index contributed by atoms with van der Waals surface area (Å²) in [6, 6.07) is 3.46. The maximum Gasteiger partial charge on any atom is 0.0762 e. The fraction of sp³-hybridized carbons (Fsp3) is 0.786. The average molecular weight is 235 g/mol. The van der Waals surface area contributed by atoms with Gasteiger partial charge in [-0.1, -0.05) is 27.2 Å². The topological polar surface area (TPSA) is 29.9 Å². The smallest absolute Gasteiger partial charge is 0.0762 e. The summed E-state index contributed by atoms with van der Waals surface area (Å²) in [6.45, 7) is 7.65. The van der Waals surface area contributed by atoms with Crippen molar-refractivity contribution in [1.29, 1.82) is 0 Å². The van der Waals surface area contributed by atoms with Crippen molar-refractivity contribution in [2.45, 2.75) is 65.1 Å². The number of nitrogens with one attached hydrogen (secondary N) is 1. The molecule has 0 radical (unpaired) electrons. The van der Waals surface area contributed by atoms with Crippen LogP contribution in [0.5, 0.6) is 0 Å². The van der Waals surface area contributed by atoms with Crippen molar-refractivity contribution in [3.63, 3.8) is 0 Å². The molecular formula is C14H25N3. The summed E-state index contributed by atoms with van der Waals surface area (Å²) in [7, 11) is 0. The first kappa shape index (κ1) is 12.6. The predicted octanol–water partition coefficient (Wildman–Crippen LogP) is 3.13. The van der Waals surface area contributed by atoms with Crippen molar-refractivity contribution in [3.8, 4) is 0 Å². The van der Waals surface area contributed by atoms with Gasteiger partial charge in [-0.25, -0.2) is 0 Å². The molecule has 17 heavy (non-hydrogen) atoms. The Morgan fingerprint density at radius 2 is 2.18 bits per heavy atom. The molecule has 1 saturated carbocycles. The SMILES string of the molecule is CCC1CC1NCc1ccn(C(CC)CC)n1. The van der Waals surface area contributed by atoms with E-state index in [9.17, 15) is 0 Å². The van der Waals surface area contributed by atoms with Crippen LogP contribution < -0.4 is 5.32 Å². The molecule has 0 spiro atoms. The largest absolute Gasteiger partial charge is 0.308 e. The number of rotatable bonds is 7. The highest BCUT2D eigenvalue weighted by Crippen LogP contribution is 2.33. The standard InChI is InChI=1S/C14H25N3/c1-4-11-9-14(11)15-10-12-7-8-17(16-12)13(5-2)6-3/h7-8,11,13-15H,4-6,9-10H2,1-3H3. The van der Waals surface area contributed by atoms with Gasteiger partial charge in [-0.2, -0.15) is 5.10 Å². The Kier molecular flexibility index (Phi) is 4.21. The summed E-state index contributed by atoms with van der Waals surface area (Å²) in [5.41, 5.74) is 1.18. The molecule has 2 rings (SSSR count). The molecule has 0 aliphatic heterocycles. The Hall–Kier alpha value is -0.830. The highest BCUT2D eigenvalue weighted by Gasteiger charge is 2.34. The van der Waals surface area contributed by atoms with Crippen LogP contribution in [0.25, 0.3) is 0 Å². The third kappa shape index (κ3) is 3.09. The lowest BCUT2D eigenvalue weighted by Crippen LogP contribution is -2.18. The molecule has 3 nitrogen and oxygen atoms in total. The van der Waals surface area contributed by atoms with Gasteiger partial charge in [0.15, 0.2) is 0 Å². The van der Waals surface area contributed by atoms with Gasteiger partial charge in [-0.05, 0) is 31.2 Å². The van der Waals surface area contributed by atoms with Gasteiger partial charge in [0.05, 0.1) is 11.7 Å². The molecule has 0 aromatic carbocycles. The molecular weight excluding hydrogens is 210 g/mol. The molecule has 1 N–H and O–H groups in total. The van der Waals surface area contributed by atoms with Gasteiger partial charge in [-0.15, -0.1) is 0 Å². The Balaban J connectivity index is 1.82. The summed E-state index contributed by atoms with van der Waals surface area (Å²) in [5, 5.41) is 8.24. The van der Waals surface area contributed by atoms with Gasteiger partial charge in [0, 0.05) is 18.8 Å². The Morgan fingerprint density at radius 3 is 2.76 bits per heavy atom. The highest BCUT2D eigenvalue weighted by atomic mass is 15.3. The lowest BCUT2D eigenvalue weighted by molar-refractivity contribution is 0.424. The minimum absolute atomic E-state index is 0.563. The van der Waals surface area contributed by atoms with E-state index in [0.717, 1.165) is 31.3 Å². The first-order valence-electron chi connectivity index (χ1n) is 7.05. The predicted molar refractivity (Wildman–Crippen MR) is 70.9 cm³/mol. The van der Waals surface area contributed by atoms with Crippen molar-refractivity contribution in [3.05, 3.63) is 18.0 Å². The highest BCUT2D eigenvalue weighted by molar-refractivity contribution is 5.02. The Bertz CT molecular complexity index is 341. The van der Waals surface area contributed by atoms with E-state index in [1.165, 1.54) is 18.5 Å². The second kappa shape index (κ2) is 5.67. The number of aromatic nitrogens is 2. The molecule has 96 valence electrons. The molecule has 1 fully saturated rings. The second-order valence-corrected chi connectivity index (χ2v) is 5.15. The minimum atomic E-state index is 0.563. The zero-order valence-electron chi connectivity index (χ0n) is 11.3. The molecule has 1 aliphatic carbocycles. The van der Waals surface area contributed by atoms with Crippen molar-refractivity contribution in [2.24, 2.45) is 5.92 Å². The summed E-state index contributed by atoms with van der Waals surface area (Å²) in [4.78, 5) is 0. The normalized spacial score (nSPS) is 23.3. The lowest BCUT2D eigenvalue weighted by atomic mass is 10.2. The van der Waals surface area contributed by atoms with E-state index in [-0.39, 0.29) is 0 Å². The van der Waals surface area contributed by atoms with E-state index in [4.69, 9.17) is 0 Å². The Labute approximate surface area is 105 Å². The molecule has 1 heterocycles. The van der Waals surface area contributed by atoms with Crippen LogP contribution in [0.2, 0.25) is 0 Å². The monoisotopic (exact) mass is 235 g/mol. The van der Waals surface area contributed by atoms with E-state index in [1.54, 1.807) is 0 Å². The summed E-state index contributed by atoms with van der Waals surface area (Å²) < 4.78 is 2.13. The molecule has 0 bridgehead atoms. The molecule has 3 heteroatoms. The second-order valence-electron chi connectivity index (χ2n) is 5.15. The van der Waals surface area contributed by atoms with Crippen molar-refractivity contribution >= 4 is 0 Å². The molecule has 1 aromatic heterocycles. The van der Waals surface area contributed by atoms with Crippen LogP contribution in [0, 0.1) is 5.92 Å². The summed E-state index contributed by atoms with van der Waals surface area (Å²) >= 11 is 0. The van der Waals surface area contributed by atoms with Gasteiger partial charge in [0.2, 0.25) is 0 Å². The van der Waals surface area contributed by atoms with Crippen LogP contribution in [-0.2, 0) is 6.54 Å². The van der Waals surface area contributed by atoms with Crippen LogP contribution in [0.3, 0.4) is 0 Å². The molecule has 2 unspecified atom stereocenters. The molecule has 0 amide bonds. The molecule has 2 atom stereocenters. The van der Waals surface area contributed by atoms with Crippen LogP contribution in [0.4, 0.5) is 0 Å². The number of nitrogens with zero attached hydrogens (tertiary/aromatic N) is 2. The van der Waals surface area contributed by atoms with E-state index >= 15 is 0 Å². The molecule has 1 aliphatic rings. The minimum Gasteiger partial charge on any atom is -0.308 e. The maximum absolute atomic E-state index is 4.66. The molecule has 1 aromatic rings. The zero-order chi connectivity index (χ0) is 12.3. The summed E-state index contributed by atoms with van der Waals surface area (Å²) in [6.07, 6.45) is 7.10. The zero-order valence-corrected chi connectivity index (χ0v) is 11.3. The third-order valence-corrected chi connectivity index (χ3v) is 3.97. The van der Waals surface area contributed by atoms with Gasteiger partial charge in [0.1, 0.15) is 0 Å². The first-order valence-corrected chi connectivity index (χ1v) is 7.05.